The molecule has 0 aromatic heterocycles. The number of nitrogens with one attached hydrogen (secondary N) is 1. The largest absolute Gasteiger partial charge is 0.304 e. The Hall–Kier alpha value is -0.670. The molecule has 1 aliphatic carbocycles. The summed E-state index contributed by atoms with van der Waals surface area (Å²) in [6.07, 6.45) is 8.08. The highest BCUT2D eigenvalue weighted by Crippen LogP contribution is 2.32. The number of fused-ring (bicyclic) bond motifs is 1. The molecular formula is C17H22BrNO. The predicted molar refractivity (Wildman–Crippen MR) is 84.8 cm³/mol. The Balaban J connectivity index is 1.62. The monoisotopic (exact) mass is 335 g/mol. The van der Waals surface area contributed by atoms with Crippen molar-refractivity contribution in [3.63, 3.8) is 0 Å². The first-order valence-electron chi connectivity index (χ1n) is 7.76. The van der Waals surface area contributed by atoms with Crippen molar-refractivity contribution in [1.82, 2.24) is 5.32 Å². The molecule has 1 aromatic carbocycles. The SMILES string of the molecule is O=C(Cc1ccccc1Br)C1CCC2CCCCC2N1. The van der Waals surface area contributed by atoms with Crippen LogP contribution in [0.25, 0.3) is 0 Å². The second-order valence-corrected chi connectivity index (χ2v) is 7.04. The first-order chi connectivity index (χ1) is 9.74. The van der Waals surface area contributed by atoms with Gasteiger partial charge < -0.3 is 5.32 Å². The van der Waals surface area contributed by atoms with E-state index in [4.69, 9.17) is 0 Å². The van der Waals surface area contributed by atoms with Crippen LogP contribution in [0.1, 0.15) is 44.1 Å². The van der Waals surface area contributed by atoms with Crippen molar-refractivity contribution in [2.24, 2.45) is 5.92 Å². The lowest BCUT2D eigenvalue weighted by molar-refractivity contribution is -0.121. The van der Waals surface area contributed by atoms with E-state index in [1.54, 1.807) is 0 Å². The molecule has 1 aliphatic heterocycles. The van der Waals surface area contributed by atoms with Gasteiger partial charge in [-0.3, -0.25) is 4.79 Å². The van der Waals surface area contributed by atoms with Crippen LogP contribution in [-0.2, 0) is 11.2 Å². The number of carbonyl (C=O) groups excluding carboxylic acids is 1. The standard InChI is InChI=1S/C17H22BrNO/c18-14-7-3-1-6-13(14)11-17(20)16-10-9-12-5-2-4-8-15(12)19-16/h1,3,6-7,12,15-16,19H,2,4-5,8-11H2. The smallest absolute Gasteiger partial charge is 0.154 e. The van der Waals surface area contributed by atoms with Gasteiger partial charge in [-0.2, -0.15) is 0 Å². The maximum Gasteiger partial charge on any atom is 0.154 e. The Morgan fingerprint density at radius 1 is 1.15 bits per heavy atom. The number of halogens is 1. The summed E-state index contributed by atoms with van der Waals surface area (Å²) in [5.41, 5.74) is 1.10. The zero-order valence-electron chi connectivity index (χ0n) is 11.8. The van der Waals surface area contributed by atoms with Crippen LogP contribution in [0.15, 0.2) is 28.7 Å². The number of benzene rings is 1. The molecule has 0 radical (unpaired) electrons. The van der Waals surface area contributed by atoms with Gasteiger partial charge in [0, 0.05) is 16.9 Å². The Labute approximate surface area is 129 Å². The lowest BCUT2D eigenvalue weighted by Gasteiger charge is -2.40. The number of Topliss-reactive ketones (excluding diaryl/α,β-unsaturated/α-hetero) is 1. The summed E-state index contributed by atoms with van der Waals surface area (Å²) in [4.78, 5) is 12.5. The van der Waals surface area contributed by atoms with Crippen molar-refractivity contribution in [2.75, 3.05) is 0 Å². The summed E-state index contributed by atoms with van der Waals surface area (Å²) in [7, 11) is 0. The average Bonchev–Trinajstić information content (AvgIpc) is 2.49. The number of ketones is 1. The summed E-state index contributed by atoms with van der Waals surface area (Å²) < 4.78 is 1.04. The summed E-state index contributed by atoms with van der Waals surface area (Å²) in [5, 5.41) is 3.63. The van der Waals surface area contributed by atoms with Gasteiger partial charge in [-0.1, -0.05) is 47.0 Å². The molecule has 20 heavy (non-hydrogen) atoms. The van der Waals surface area contributed by atoms with Gasteiger partial charge in [-0.25, -0.2) is 0 Å². The predicted octanol–water partition coefficient (Wildman–Crippen LogP) is 3.87. The van der Waals surface area contributed by atoms with Crippen molar-refractivity contribution < 1.29 is 4.79 Å². The Kier molecular flexibility index (Phi) is 4.57. The molecular weight excluding hydrogens is 314 g/mol. The summed E-state index contributed by atoms with van der Waals surface area (Å²) >= 11 is 3.53. The minimum atomic E-state index is 0.0708. The molecule has 0 amide bonds. The minimum Gasteiger partial charge on any atom is -0.304 e. The molecule has 2 nitrogen and oxygen atoms in total. The van der Waals surface area contributed by atoms with E-state index in [2.05, 4.69) is 21.2 Å². The third-order valence-electron chi connectivity index (χ3n) is 4.86. The molecule has 3 unspecified atom stereocenters. The van der Waals surface area contributed by atoms with E-state index in [9.17, 15) is 4.79 Å². The van der Waals surface area contributed by atoms with Gasteiger partial charge >= 0.3 is 0 Å². The topological polar surface area (TPSA) is 29.1 Å². The normalized spacial score (nSPS) is 29.8. The van der Waals surface area contributed by atoms with Crippen LogP contribution in [0.2, 0.25) is 0 Å². The van der Waals surface area contributed by atoms with Crippen LogP contribution < -0.4 is 5.32 Å². The van der Waals surface area contributed by atoms with E-state index in [-0.39, 0.29) is 6.04 Å². The Bertz CT molecular complexity index is 488. The summed E-state index contributed by atoms with van der Waals surface area (Å²) in [6, 6.07) is 8.69. The van der Waals surface area contributed by atoms with Crippen LogP contribution in [0.5, 0.6) is 0 Å². The van der Waals surface area contributed by atoms with Gasteiger partial charge in [0.15, 0.2) is 5.78 Å². The average molecular weight is 336 g/mol. The maximum atomic E-state index is 12.5. The molecule has 1 aromatic rings. The minimum absolute atomic E-state index is 0.0708. The highest BCUT2D eigenvalue weighted by atomic mass is 79.9. The van der Waals surface area contributed by atoms with E-state index in [0.29, 0.717) is 18.2 Å². The lowest BCUT2D eigenvalue weighted by atomic mass is 9.77. The fourth-order valence-corrected chi connectivity index (χ4v) is 4.13. The van der Waals surface area contributed by atoms with E-state index < -0.39 is 0 Å². The van der Waals surface area contributed by atoms with E-state index in [1.807, 2.05) is 24.3 Å². The van der Waals surface area contributed by atoms with Crippen LogP contribution >= 0.6 is 15.9 Å². The van der Waals surface area contributed by atoms with Gasteiger partial charge in [-0.05, 0) is 43.2 Å². The second kappa shape index (κ2) is 6.40. The Morgan fingerprint density at radius 3 is 2.80 bits per heavy atom. The highest BCUT2D eigenvalue weighted by Gasteiger charge is 2.34. The van der Waals surface area contributed by atoms with Crippen molar-refractivity contribution in [1.29, 1.82) is 0 Å². The fraction of sp³-hybridized carbons (Fsp3) is 0.588. The van der Waals surface area contributed by atoms with Gasteiger partial charge in [0.1, 0.15) is 0 Å². The third-order valence-corrected chi connectivity index (χ3v) is 5.64. The molecule has 2 fully saturated rings. The van der Waals surface area contributed by atoms with Crippen LogP contribution in [0, 0.1) is 5.92 Å². The molecule has 3 rings (SSSR count). The molecule has 1 heterocycles. The highest BCUT2D eigenvalue weighted by molar-refractivity contribution is 9.10. The molecule has 1 N–H and O–H groups in total. The molecule has 0 bridgehead atoms. The number of hydrogen-bond donors (Lipinski definition) is 1. The zero-order chi connectivity index (χ0) is 13.9. The van der Waals surface area contributed by atoms with Crippen LogP contribution in [0.4, 0.5) is 0 Å². The molecule has 1 saturated carbocycles. The van der Waals surface area contributed by atoms with Gasteiger partial charge in [-0.15, -0.1) is 0 Å². The number of rotatable bonds is 3. The zero-order valence-corrected chi connectivity index (χ0v) is 13.4. The number of carbonyl (C=O) groups is 1. The first kappa shape index (κ1) is 14.3. The lowest BCUT2D eigenvalue weighted by Crippen LogP contribution is -2.52. The summed E-state index contributed by atoms with van der Waals surface area (Å²) in [5.74, 6) is 1.16. The van der Waals surface area contributed by atoms with Gasteiger partial charge in [0.2, 0.25) is 0 Å². The fourth-order valence-electron chi connectivity index (χ4n) is 3.70. The van der Waals surface area contributed by atoms with Crippen molar-refractivity contribution >= 4 is 21.7 Å². The van der Waals surface area contributed by atoms with E-state index in [1.165, 1.54) is 32.1 Å². The number of hydrogen-bond acceptors (Lipinski definition) is 2. The summed E-state index contributed by atoms with van der Waals surface area (Å²) in [6.45, 7) is 0. The first-order valence-corrected chi connectivity index (χ1v) is 8.55. The Morgan fingerprint density at radius 2 is 1.95 bits per heavy atom. The molecule has 3 atom stereocenters. The van der Waals surface area contributed by atoms with E-state index in [0.717, 1.165) is 22.4 Å². The molecule has 2 aliphatic rings. The van der Waals surface area contributed by atoms with E-state index >= 15 is 0 Å². The molecule has 1 saturated heterocycles. The quantitative estimate of drug-likeness (QED) is 0.908. The second-order valence-electron chi connectivity index (χ2n) is 6.18. The van der Waals surface area contributed by atoms with Crippen LogP contribution in [0.3, 0.4) is 0 Å². The third kappa shape index (κ3) is 3.15. The maximum absolute atomic E-state index is 12.5. The van der Waals surface area contributed by atoms with Crippen molar-refractivity contribution in [3.8, 4) is 0 Å². The van der Waals surface area contributed by atoms with Crippen LogP contribution in [-0.4, -0.2) is 17.9 Å². The molecule has 108 valence electrons. The van der Waals surface area contributed by atoms with Gasteiger partial charge in [0.05, 0.1) is 6.04 Å². The van der Waals surface area contributed by atoms with Crippen molar-refractivity contribution in [3.05, 3.63) is 34.3 Å². The van der Waals surface area contributed by atoms with Crippen molar-refractivity contribution in [2.45, 2.75) is 57.0 Å². The molecule has 3 heteroatoms. The molecule has 0 spiro atoms. The number of piperidine rings is 1. The van der Waals surface area contributed by atoms with Gasteiger partial charge in [0.25, 0.3) is 0 Å².